The van der Waals surface area contributed by atoms with Crippen molar-refractivity contribution in [2.75, 3.05) is 0 Å². The van der Waals surface area contributed by atoms with Gasteiger partial charge in [-0.05, 0) is 24.3 Å². The maximum atomic E-state index is 11.3. The van der Waals surface area contributed by atoms with Gasteiger partial charge in [0.1, 0.15) is 11.5 Å². The molecule has 3 nitrogen and oxygen atoms in total. The van der Waals surface area contributed by atoms with E-state index >= 15 is 0 Å². The molecule has 80 valence electrons. The maximum absolute atomic E-state index is 11.3. The summed E-state index contributed by atoms with van der Waals surface area (Å²) in [4.78, 5) is 11.3. The zero-order valence-corrected chi connectivity index (χ0v) is 8.50. The largest absolute Gasteiger partial charge is 0.519 e. The van der Waals surface area contributed by atoms with Crippen molar-refractivity contribution in [2.24, 2.45) is 0 Å². The normalized spacial score (nSPS) is 9.50. The highest BCUT2D eigenvalue weighted by Gasteiger charge is 2.06. The van der Waals surface area contributed by atoms with Crippen molar-refractivity contribution in [3.05, 3.63) is 60.7 Å². The van der Waals surface area contributed by atoms with Crippen LogP contribution in [0.15, 0.2) is 60.7 Å². The first-order valence-corrected chi connectivity index (χ1v) is 4.84. The third-order valence-electron chi connectivity index (χ3n) is 1.89. The smallest absolute Gasteiger partial charge is 0.395 e. The SMILES string of the molecule is O=[13C](Oc1ccccc1)Oc1ccccc1. The Balaban J connectivity index is 1.95. The van der Waals surface area contributed by atoms with Crippen molar-refractivity contribution in [2.45, 2.75) is 0 Å². The monoisotopic (exact) mass is 215 g/mol. The predicted octanol–water partition coefficient (Wildman–Crippen LogP) is 3.26. The van der Waals surface area contributed by atoms with Crippen LogP contribution in [0.4, 0.5) is 4.79 Å². The number of benzene rings is 2. The molecule has 0 N–H and O–H groups in total. The number of ether oxygens (including phenoxy) is 2. The predicted molar refractivity (Wildman–Crippen MR) is 59.5 cm³/mol. The third-order valence-corrected chi connectivity index (χ3v) is 1.89. The van der Waals surface area contributed by atoms with E-state index in [1.165, 1.54) is 0 Å². The van der Waals surface area contributed by atoms with Gasteiger partial charge in [-0.2, -0.15) is 0 Å². The van der Waals surface area contributed by atoms with Gasteiger partial charge in [0, 0.05) is 0 Å². The standard InChI is InChI=1S/C13H10O3/c14-13(15-11-7-3-1-4-8-11)16-12-9-5-2-6-10-12/h1-10H/i13+1. The zero-order valence-electron chi connectivity index (χ0n) is 8.50. The first kappa shape index (κ1) is 10.2. The van der Waals surface area contributed by atoms with E-state index in [2.05, 4.69) is 0 Å². The molecule has 0 radical (unpaired) electrons. The molecule has 0 amide bonds. The topological polar surface area (TPSA) is 35.5 Å². The average molecular weight is 215 g/mol. The molecule has 0 aromatic heterocycles. The van der Waals surface area contributed by atoms with Crippen molar-refractivity contribution in [3.8, 4) is 11.5 Å². The second kappa shape index (κ2) is 4.98. The van der Waals surface area contributed by atoms with Crippen LogP contribution in [0.2, 0.25) is 0 Å². The molecule has 0 unspecified atom stereocenters. The fraction of sp³-hybridized carbons (Fsp3) is 0. The van der Waals surface area contributed by atoms with Crippen LogP contribution in [0.25, 0.3) is 0 Å². The summed E-state index contributed by atoms with van der Waals surface area (Å²) < 4.78 is 9.91. The summed E-state index contributed by atoms with van der Waals surface area (Å²) in [6.45, 7) is 0. The first-order chi connectivity index (χ1) is 7.84. The number of para-hydroxylation sites is 2. The number of hydrogen-bond acceptors (Lipinski definition) is 3. The van der Waals surface area contributed by atoms with E-state index < -0.39 is 6.16 Å². The van der Waals surface area contributed by atoms with Crippen molar-refractivity contribution in [1.82, 2.24) is 0 Å². The molecule has 0 aliphatic carbocycles. The van der Waals surface area contributed by atoms with Gasteiger partial charge in [0.15, 0.2) is 0 Å². The molecule has 0 spiro atoms. The maximum Gasteiger partial charge on any atom is 0.519 e. The van der Waals surface area contributed by atoms with E-state index in [9.17, 15) is 4.79 Å². The van der Waals surface area contributed by atoms with Gasteiger partial charge in [-0.25, -0.2) is 4.79 Å². The molecule has 0 aliphatic heterocycles. The van der Waals surface area contributed by atoms with Crippen LogP contribution in [-0.2, 0) is 0 Å². The summed E-state index contributed by atoms with van der Waals surface area (Å²) >= 11 is 0. The molecule has 2 aromatic carbocycles. The van der Waals surface area contributed by atoms with Gasteiger partial charge in [0.05, 0.1) is 0 Å². The molecule has 0 saturated heterocycles. The first-order valence-electron chi connectivity index (χ1n) is 4.84. The van der Waals surface area contributed by atoms with Crippen molar-refractivity contribution in [3.63, 3.8) is 0 Å². The van der Waals surface area contributed by atoms with E-state index in [0.717, 1.165) is 0 Å². The average Bonchev–Trinajstić information content (AvgIpc) is 2.31. The highest BCUT2D eigenvalue weighted by atomic mass is 16.8. The lowest BCUT2D eigenvalue weighted by molar-refractivity contribution is 0.152. The molecule has 0 atom stereocenters. The molecule has 0 aliphatic rings. The van der Waals surface area contributed by atoms with Crippen LogP contribution in [-0.4, -0.2) is 6.16 Å². The Labute approximate surface area is 93.2 Å². The molecule has 16 heavy (non-hydrogen) atoms. The zero-order chi connectivity index (χ0) is 11.2. The van der Waals surface area contributed by atoms with Crippen molar-refractivity contribution >= 4 is 6.16 Å². The fourth-order valence-electron chi connectivity index (χ4n) is 1.19. The van der Waals surface area contributed by atoms with Crippen LogP contribution in [0.5, 0.6) is 11.5 Å². The molecule has 2 aromatic rings. The highest BCUT2D eigenvalue weighted by Crippen LogP contribution is 2.12. The van der Waals surface area contributed by atoms with E-state index in [4.69, 9.17) is 9.47 Å². The van der Waals surface area contributed by atoms with Crippen molar-refractivity contribution in [1.29, 1.82) is 0 Å². The minimum Gasteiger partial charge on any atom is -0.395 e. The molecule has 0 saturated carbocycles. The molecular weight excluding hydrogens is 205 g/mol. The van der Waals surface area contributed by atoms with Crippen LogP contribution < -0.4 is 9.47 Å². The molecular formula is C13H10O3. The van der Waals surface area contributed by atoms with Gasteiger partial charge in [0.25, 0.3) is 0 Å². The lowest BCUT2D eigenvalue weighted by atomic mass is 10.3. The summed E-state index contributed by atoms with van der Waals surface area (Å²) in [6, 6.07) is 17.6. The molecule has 2 rings (SSSR count). The molecule has 0 bridgehead atoms. The molecule has 3 heteroatoms. The quantitative estimate of drug-likeness (QED) is 0.438. The van der Waals surface area contributed by atoms with Crippen LogP contribution >= 0.6 is 0 Å². The van der Waals surface area contributed by atoms with E-state index in [1.807, 2.05) is 12.1 Å². The second-order valence-corrected chi connectivity index (χ2v) is 3.08. The minimum absolute atomic E-state index is 0.462. The lowest BCUT2D eigenvalue weighted by Gasteiger charge is -2.04. The lowest BCUT2D eigenvalue weighted by Crippen LogP contribution is -2.13. The van der Waals surface area contributed by atoms with Gasteiger partial charge in [-0.15, -0.1) is 0 Å². The fourth-order valence-corrected chi connectivity index (χ4v) is 1.19. The Morgan fingerprint density at radius 1 is 0.688 bits per heavy atom. The van der Waals surface area contributed by atoms with Gasteiger partial charge in [-0.1, -0.05) is 36.4 Å². The van der Waals surface area contributed by atoms with Crippen molar-refractivity contribution < 1.29 is 14.3 Å². The van der Waals surface area contributed by atoms with E-state index in [1.54, 1.807) is 48.5 Å². The van der Waals surface area contributed by atoms with Crippen LogP contribution in [0.1, 0.15) is 0 Å². The van der Waals surface area contributed by atoms with E-state index in [0.29, 0.717) is 11.5 Å². The summed E-state index contributed by atoms with van der Waals surface area (Å²) in [5.41, 5.74) is 0. The Kier molecular flexibility index (Phi) is 3.18. The number of rotatable bonds is 2. The van der Waals surface area contributed by atoms with Crippen LogP contribution in [0.3, 0.4) is 0 Å². The second-order valence-electron chi connectivity index (χ2n) is 3.08. The Morgan fingerprint density at radius 3 is 1.44 bits per heavy atom. The summed E-state index contributed by atoms with van der Waals surface area (Å²) in [5.74, 6) is 0.923. The Morgan fingerprint density at radius 2 is 1.06 bits per heavy atom. The van der Waals surface area contributed by atoms with Gasteiger partial charge < -0.3 is 9.47 Å². The number of carbonyl (C=O) groups excluding carboxylic acids is 1. The summed E-state index contributed by atoms with van der Waals surface area (Å²) in [7, 11) is 0. The number of hydrogen-bond donors (Lipinski definition) is 0. The van der Waals surface area contributed by atoms with Crippen LogP contribution in [0, 0.1) is 0 Å². The highest BCUT2D eigenvalue weighted by molar-refractivity contribution is 5.66. The van der Waals surface area contributed by atoms with Gasteiger partial charge >= 0.3 is 6.16 Å². The van der Waals surface area contributed by atoms with Gasteiger partial charge in [0.2, 0.25) is 0 Å². The van der Waals surface area contributed by atoms with E-state index in [-0.39, 0.29) is 0 Å². The molecule has 0 fully saturated rings. The summed E-state index contributed by atoms with van der Waals surface area (Å²) in [5, 5.41) is 0. The number of carbonyl (C=O) groups is 1. The molecule has 0 heterocycles. The third kappa shape index (κ3) is 2.85. The Hall–Kier alpha value is -2.29. The van der Waals surface area contributed by atoms with Gasteiger partial charge in [-0.3, -0.25) is 0 Å². The minimum atomic E-state index is -0.739. The Bertz CT molecular complexity index is 408. The summed E-state index contributed by atoms with van der Waals surface area (Å²) in [6.07, 6.45) is -0.739.